The summed E-state index contributed by atoms with van der Waals surface area (Å²) in [4.78, 5) is 20.1. The van der Waals surface area contributed by atoms with Gasteiger partial charge in [0.15, 0.2) is 5.96 Å². The second kappa shape index (κ2) is 9.81. The van der Waals surface area contributed by atoms with Crippen LogP contribution >= 0.6 is 11.6 Å². The number of nitrogens with two attached hydrogens (primary N) is 2. The number of carbonyl (C=O) groups excluding carboxylic acids is 1. The van der Waals surface area contributed by atoms with Crippen molar-refractivity contribution in [2.45, 2.75) is 6.92 Å². The standard InChI is InChI=1S/C16H15ClN4O.CH4O3S/c1-10-6-7-12(9-20-10)13(15(22)21-16(18)19)8-11-4-2-3-5-14(11)17;1-5(2,3)4/h2-9H,1H3,(H4,18,19,21,22);1H3,(H,2,3,4)/b13-8+;. The summed E-state index contributed by atoms with van der Waals surface area (Å²) in [6.45, 7) is 1.86. The molecule has 2 rings (SSSR count). The summed E-state index contributed by atoms with van der Waals surface area (Å²) in [6.07, 6.45) is 3.95. The maximum Gasteiger partial charge on any atom is 0.280 e. The quantitative estimate of drug-likeness (QED) is 0.302. The summed E-state index contributed by atoms with van der Waals surface area (Å²) in [5.41, 5.74) is 13.1. The summed E-state index contributed by atoms with van der Waals surface area (Å²) < 4.78 is 25.9. The lowest BCUT2D eigenvalue weighted by atomic mass is 10.0. The minimum atomic E-state index is -3.67. The number of rotatable bonds is 3. The molecule has 0 atom stereocenters. The van der Waals surface area contributed by atoms with Crippen LogP contribution in [-0.4, -0.2) is 36.1 Å². The number of aliphatic imine (C=N–C) groups is 1. The number of aromatic nitrogens is 1. The number of benzene rings is 1. The lowest BCUT2D eigenvalue weighted by Gasteiger charge is -2.06. The van der Waals surface area contributed by atoms with Gasteiger partial charge in [0, 0.05) is 22.5 Å². The number of hydrogen-bond acceptors (Lipinski definition) is 4. The second-order valence-electron chi connectivity index (χ2n) is 5.34. The number of halogens is 1. The number of hydrogen-bond donors (Lipinski definition) is 3. The molecule has 0 aliphatic heterocycles. The normalized spacial score (nSPS) is 11.2. The first-order valence-corrected chi connectivity index (χ1v) is 9.65. The topological polar surface area (TPSA) is 149 Å². The zero-order chi connectivity index (χ0) is 20.6. The Hall–Kier alpha value is -2.75. The molecule has 1 aromatic heterocycles. The van der Waals surface area contributed by atoms with E-state index >= 15 is 0 Å². The van der Waals surface area contributed by atoms with Crippen molar-refractivity contribution >= 4 is 45.2 Å². The monoisotopic (exact) mass is 410 g/mol. The highest BCUT2D eigenvalue weighted by Gasteiger charge is 2.13. The van der Waals surface area contributed by atoms with E-state index < -0.39 is 16.0 Å². The molecule has 0 saturated carbocycles. The Bertz CT molecular complexity index is 959. The van der Waals surface area contributed by atoms with E-state index in [0.29, 0.717) is 28.0 Å². The van der Waals surface area contributed by atoms with E-state index in [4.69, 9.17) is 27.6 Å². The van der Waals surface area contributed by atoms with E-state index in [1.807, 2.05) is 19.1 Å². The first-order valence-electron chi connectivity index (χ1n) is 7.43. The molecule has 0 bridgehead atoms. The van der Waals surface area contributed by atoms with Gasteiger partial charge in [-0.15, -0.1) is 0 Å². The number of pyridine rings is 1. The van der Waals surface area contributed by atoms with Crippen LogP contribution in [0.25, 0.3) is 11.6 Å². The lowest BCUT2D eigenvalue weighted by Crippen LogP contribution is -2.24. The summed E-state index contributed by atoms with van der Waals surface area (Å²) in [5, 5.41) is 0.526. The maximum absolute atomic E-state index is 12.3. The summed E-state index contributed by atoms with van der Waals surface area (Å²) in [6, 6.07) is 10.8. The van der Waals surface area contributed by atoms with E-state index in [1.165, 1.54) is 0 Å². The van der Waals surface area contributed by atoms with Crippen LogP contribution in [0.3, 0.4) is 0 Å². The molecule has 0 saturated heterocycles. The van der Waals surface area contributed by atoms with Crippen molar-refractivity contribution in [3.63, 3.8) is 0 Å². The van der Waals surface area contributed by atoms with Gasteiger partial charge in [-0.2, -0.15) is 13.4 Å². The number of aryl methyl sites for hydroxylation is 1. The zero-order valence-corrected chi connectivity index (χ0v) is 16.2. The minimum Gasteiger partial charge on any atom is -0.370 e. The summed E-state index contributed by atoms with van der Waals surface area (Å²) in [5.74, 6) is -0.847. The van der Waals surface area contributed by atoms with Gasteiger partial charge in [-0.1, -0.05) is 35.9 Å². The van der Waals surface area contributed by atoms with Crippen LogP contribution in [0.4, 0.5) is 0 Å². The average molecular weight is 411 g/mol. The molecule has 144 valence electrons. The number of carbonyl (C=O) groups is 1. The van der Waals surface area contributed by atoms with Crippen molar-refractivity contribution in [1.82, 2.24) is 4.98 Å². The smallest absolute Gasteiger partial charge is 0.280 e. The Kier molecular flexibility index (Phi) is 8.10. The number of amides is 1. The molecule has 0 aliphatic carbocycles. The Morgan fingerprint density at radius 3 is 2.30 bits per heavy atom. The van der Waals surface area contributed by atoms with Crippen LogP contribution in [0.2, 0.25) is 5.02 Å². The molecule has 2 aromatic rings. The first kappa shape index (κ1) is 22.3. The second-order valence-corrected chi connectivity index (χ2v) is 7.22. The fraction of sp³-hybridized carbons (Fsp3) is 0.118. The van der Waals surface area contributed by atoms with Crippen LogP contribution in [-0.2, 0) is 14.9 Å². The molecule has 8 nitrogen and oxygen atoms in total. The van der Waals surface area contributed by atoms with Gasteiger partial charge in [-0.25, -0.2) is 0 Å². The van der Waals surface area contributed by atoms with Crippen molar-refractivity contribution in [3.05, 3.63) is 64.4 Å². The molecule has 1 amide bonds. The van der Waals surface area contributed by atoms with E-state index in [-0.39, 0.29) is 5.96 Å². The molecule has 0 aliphatic rings. The molecule has 10 heteroatoms. The van der Waals surface area contributed by atoms with E-state index in [1.54, 1.807) is 36.5 Å². The predicted molar refractivity (Wildman–Crippen MR) is 107 cm³/mol. The van der Waals surface area contributed by atoms with Gasteiger partial charge in [0.05, 0.1) is 11.8 Å². The van der Waals surface area contributed by atoms with Gasteiger partial charge >= 0.3 is 0 Å². The number of nitrogens with zero attached hydrogens (tertiary/aromatic N) is 2. The van der Waals surface area contributed by atoms with E-state index in [9.17, 15) is 13.2 Å². The lowest BCUT2D eigenvalue weighted by molar-refractivity contribution is -0.112. The van der Waals surface area contributed by atoms with E-state index in [2.05, 4.69) is 9.98 Å². The predicted octanol–water partition coefficient (Wildman–Crippen LogP) is 1.89. The Morgan fingerprint density at radius 1 is 1.22 bits per heavy atom. The molecule has 1 heterocycles. The average Bonchev–Trinajstić information content (AvgIpc) is 2.53. The van der Waals surface area contributed by atoms with Crippen molar-refractivity contribution in [2.24, 2.45) is 16.5 Å². The third kappa shape index (κ3) is 8.95. The molecule has 0 radical (unpaired) electrons. The van der Waals surface area contributed by atoms with Gasteiger partial charge in [-0.05, 0) is 30.7 Å². The highest BCUT2D eigenvalue weighted by atomic mass is 35.5. The SMILES string of the molecule is CS(=O)(=O)O.Cc1ccc(/C(=C\c2ccccc2Cl)C(=O)N=C(N)N)cn1. The summed E-state index contributed by atoms with van der Waals surface area (Å²) in [7, 11) is -3.67. The molecule has 0 unspecified atom stereocenters. The molecular weight excluding hydrogens is 392 g/mol. The van der Waals surface area contributed by atoms with Crippen molar-refractivity contribution in [2.75, 3.05) is 6.26 Å². The molecule has 1 aromatic carbocycles. The molecule has 0 fully saturated rings. The maximum atomic E-state index is 12.3. The fourth-order valence-electron chi connectivity index (χ4n) is 1.82. The van der Waals surface area contributed by atoms with Crippen molar-refractivity contribution in [1.29, 1.82) is 0 Å². The van der Waals surface area contributed by atoms with Crippen LogP contribution in [0.1, 0.15) is 16.8 Å². The van der Waals surface area contributed by atoms with Crippen LogP contribution in [0.15, 0.2) is 47.6 Å². The molecule has 0 spiro atoms. The largest absolute Gasteiger partial charge is 0.370 e. The van der Waals surface area contributed by atoms with Crippen LogP contribution < -0.4 is 11.5 Å². The Balaban J connectivity index is 0.000000646. The van der Waals surface area contributed by atoms with Gasteiger partial charge in [-0.3, -0.25) is 14.3 Å². The number of guanidine groups is 1. The molecule has 5 N–H and O–H groups in total. The van der Waals surface area contributed by atoms with Gasteiger partial charge in [0.2, 0.25) is 0 Å². The highest BCUT2D eigenvalue weighted by Crippen LogP contribution is 2.24. The van der Waals surface area contributed by atoms with Crippen molar-refractivity contribution in [3.8, 4) is 0 Å². The third-order valence-electron chi connectivity index (χ3n) is 2.89. The summed E-state index contributed by atoms with van der Waals surface area (Å²) >= 11 is 6.13. The Morgan fingerprint density at radius 2 is 1.81 bits per heavy atom. The van der Waals surface area contributed by atoms with E-state index in [0.717, 1.165) is 5.69 Å². The Labute approximate surface area is 162 Å². The fourth-order valence-corrected chi connectivity index (χ4v) is 2.01. The minimum absolute atomic E-state index is 0.296. The highest BCUT2D eigenvalue weighted by molar-refractivity contribution is 7.85. The first-order chi connectivity index (χ1) is 12.5. The van der Waals surface area contributed by atoms with Crippen molar-refractivity contribution < 1.29 is 17.8 Å². The van der Waals surface area contributed by atoms with Crippen LogP contribution in [0.5, 0.6) is 0 Å². The van der Waals surface area contributed by atoms with Gasteiger partial charge < -0.3 is 11.5 Å². The van der Waals surface area contributed by atoms with Gasteiger partial charge in [0.25, 0.3) is 16.0 Å². The molecule has 27 heavy (non-hydrogen) atoms. The third-order valence-corrected chi connectivity index (χ3v) is 3.23. The molecular formula is C17H19ClN4O4S. The zero-order valence-electron chi connectivity index (χ0n) is 14.6. The van der Waals surface area contributed by atoms with Crippen LogP contribution in [0, 0.1) is 6.92 Å². The van der Waals surface area contributed by atoms with Gasteiger partial charge in [0.1, 0.15) is 0 Å².